The van der Waals surface area contributed by atoms with Crippen LogP contribution in [0.1, 0.15) is 0 Å². The Morgan fingerprint density at radius 1 is 0.625 bits per heavy atom. The lowest BCUT2D eigenvalue weighted by molar-refractivity contribution is -0.388. The van der Waals surface area contributed by atoms with Gasteiger partial charge >= 0.3 is 35.8 Å². The topological polar surface area (TPSA) is 0 Å². The van der Waals surface area contributed by atoms with Gasteiger partial charge in [-0.2, -0.15) is 57.1 Å². The largest absolute Gasteiger partial charge is 0.460 e. The molecule has 0 fully saturated rings. The van der Waals surface area contributed by atoms with Crippen LogP contribution in [-0.2, 0) is 0 Å². The zero-order valence-electron chi connectivity index (χ0n) is 10.7. The van der Waals surface area contributed by atoms with Crippen LogP contribution in [0.5, 0.6) is 0 Å². The molecule has 24 heavy (non-hydrogen) atoms. The van der Waals surface area contributed by atoms with Crippen LogP contribution >= 0.6 is 0 Å². The summed E-state index contributed by atoms with van der Waals surface area (Å²) in [5.74, 6) is -37.8. The molecule has 0 saturated carbocycles. The van der Waals surface area contributed by atoms with Gasteiger partial charge < -0.3 is 0 Å². The lowest BCUT2D eigenvalue weighted by Gasteiger charge is -2.32. The summed E-state index contributed by atoms with van der Waals surface area (Å²) in [6.45, 7) is 2.07. The number of rotatable bonds is 6. The summed E-state index contributed by atoms with van der Waals surface area (Å²) in [6, 6.07) is 0. The average molecular weight is 390 g/mol. The van der Waals surface area contributed by atoms with E-state index in [0.717, 1.165) is 0 Å². The Kier molecular flexibility index (Phi) is 5.43. The second-order valence-corrected chi connectivity index (χ2v) is 4.16. The van der Waals surface area contributed by atoms with E-state index in [0.29, 0.717) is 0 Å². The first kappa shape index (κ1) is 22.5. The Morgan fingerprint density at radius 3 is 1.29 bits per heavy atom. The molecule has 0 nitrogen and oxygen atoms in total. The molecule has 0 atom stereocenters. The summed E-state index contributed by atoms with van der Waals surface area (Å²) < 4.78 is 175. The number of alkyl halides is 13. The van der Waals surface area contributed by atoms with Crippen LogP contribution in [-0.4, -0.2) is 35.8 Å². The molecule has 0 aromatic rings. The third-order valence-electron chi connectivity index (χ3n) is 2.45. The molecule has 0 rings (SSSR count). The summed E-state index contributed by atoms with van der Waals surface area (Å²) in [4.78, 5) is 0. The van der Waals surface area contributed by atoms with Crippen molar-refractivity contribution in [2.45, 2.75) is 35.8 Å². The normalized spacial score (nSPS) is 16.3. The van der Waals surface area contributed by atoms with E-state index in [1.807, 2.05) is 0 Å². The lowest BCUT2D eigenvalue weighted by atomic mass is 10.0. The van der Waals surface area contributed by atoms with Gasteiger partial charge in [-0.1, -0.05) is 6.58 Å². The third-order valence-corrected chi connectivity index (χ3v) is 2.45. The first-order valence-corrected chi connectivity index (χ1v) is 5.17. The van der Waals surface area contributed by atoms with Crippen molar-refractivity contribution in [3.05, 3.63) is 24.6 Å². The van der Waals surface area contributed by atoms with Crippen molar-refractivity contribution >= 4 is 0 Å². The van der Waals surface area contributed by atoms with Gasteiger partial charge in [0.15, 0.2) is 5.83 Å². The molecule has 14 heteroatoms. The van der Waals surface area contributed by atoms with Crippen molar-refractivity contribution < 1.29 is 61.5 Å². The molecule has 0 spiro atoms. The minimum absolute atomic E-state index is 0.985. The van der Waals surface area contributed by atoms with Crippen LogP contribution in [0.15, 0.2) is 24.6 Å². The van der Waals surface area contributed by atoms with Crippen molar-refractivity contribution in [2.75, 3.05) is 0 Å². The van der Waals surface area contributed by atoms with Crippen molar-refractivity contribution in [1.29, 1.82) is 0 Å². The van der Waals surface area contributed by atoms with Gasteiger partial charge in [-0.15, -0.1) is 0 Å². The average Bonchev–Trinajstić information content (AvgIpc) is 2.35. The van der Waals surface area contributed by atoms with Gasteiger partial charge in [0.05, 0.1) is 0 Å². The highest BCUT2D eigenvalue weighted by atomic mass is 19.4. The molecule has 0 N–H and O–H groups in total. The Morgan fingerprint density at radius 2 is 1.00 bits per heavy atom. The Hall–Kier alpha value is -1.50. The van der Waals surface area contributed by atoms with Crippen LogP contribution in [0.25, 0.3) is 0 Å². The first-order chi connectivity index (χ1) is 10.2. The van der Waals surface area contributed by atoms with E-state index >= 15 is 0 Å². The van der Waals surface area contributed by atoms with Gasteiger partial charge in [-0.3, -0.25) is 0 Å². The van der Waals surface area contributed by atoms with Crippen LogP contribution in [0.2, 0.25) is 0 Å². The number of halogens is 14. The maximum atomic E-state index is 12.8. The molecule has 0 aliphatic rings. The van der Waals surface area contributed by atoms with Gasteiger partial charge in [0.25, 0.3) is 0 Å². The van der Waals surface area contributed by atoms with E-state index in [-0.39, 0.29) is 0 Å². The fourth-order valence-electron chi connectivity index (χ4n) is 1.02. The standard InChI is InChI=1S/C10H4F14/c1-2-5(12,13)7(16,17)4(11)3-6(14,15)8(18,19)9(20,21)10(22,23)24/h2-3H,1H2. The van der Waals surface area contributed by atoms with Crippen LogP contribution in [0, 0.1) is 0 Å². The van der Waals surface area contributed by atoms with Crippen molar-refractivity contribution in [3.8, 4) is 0 Å². The van der Waals surface area contributed by atoms with Gasteiger partial charge in [-0.25, -0.2) is 4.39 Å². The second kappa shape index (κ2) is 5.79. The van der Waals surface area contributed by atoms with Crippen LogP contribution in [0.3, 0.4) is 0 Å². The van der Waals surface area contributed by atoms with Crippen molar-refractivity contribution in [2.24, 2.45) is 0 Å². The molecule has 0 aromatic heterocycles. The Balaban J connectivity index is 6.14. The predicted octanol–water partition coefficient (Wildman–Crippen LogP) is 5.76. The quantitative estimate of drug-likeness (QED) is 0.399. The fraction of sp³-hybridized carbons (Fsp3) is 0.600. The van der Waals surface area contributed by atoms with Crippen molar-refractivity contribution in [3.63, 3.8) is 0 Å². The molecule has 0 heterocycles. The molecule has 0 radical (unpaired) electrons. The molecular formula is C10H4F14. The van der Waals surface area contributed by atoms with E-state index in [2.05, 4.69) is 6.58 Å². The maximum Gasteiger partial charge on any atom is 0.460 e. The van der Waals surface area contributed by atoms with E-state index in [1.165, 1.54) is 0 Å². The highest BCUT2D eigenvalue weighted by Gasteiger charge is 2.81. The van der Waals surface area contributed by atoms with Crippen molar-refractivity contribution in [1.82, 2.24) is 0 Å². The van der Waals surface area contributed by atoms with E-state index < -0.39 is 53.8 Å². The fourth-order valence-corrected chi connectivity index (χ4v) is 1.02. The Bertz CT molecular complexity index is 508. The molecule has 0 unspecified atom stereocenters. The molecule has 0 saturated heterocycles. The summed E-state index contributed by atoms with van der Waals surface area (Å²) in [5, 5.41) is 0. The SMILES string of the molecule is C=CC(F)(F)C(F)(F)C(F)=CC(F)(F)C(F)(F)C(F)(F)C(F)(F)F. The predicted molar refractivity (Wildman–Crippen MR) is 50.2 cm³/mol. The summed E-state index contributed by atoms with van der Waals surface area (Å²) in [6.07, 6.45) is -10.7. The van der Waals surface area contributed by atoms with Gasteiger partial charge in [0.2, 0.25) is 0 Å². The minimum Gasteiger partial charge on any atom is -0.205 e. The Labute approximate surface area is 123 Å². The molecule has 0 aliphatic heterocycles. The summed E-state index contributed by atoms with van der Waals surface area (Å²) >= 11 is 0. The number of hydrogen-bond donors (Lipinski definition) is 0. The van der Waals surface area contributed by atoms with Crippen LogP contribution in [0.4, 0.5) is 61.5 Å². The van der Waals surface area contributed by atoms with E-state index in [9.17, 15) is 61.5 Å². The zero-order chi connectivity index (χ0) is 20.0. The highest BCUT2D eigenvalue weighted by Crippen LogP contribution is 2.54. The number of hydrogen-bond acceptors (Lipinski definition) is 0. The van der Waals surface area contributed by atoms with Gasteiger partial charge in [0.1, 0.15) is 0 Å². The van der Waals surface area contributed by atoms with E-state index in [4.69, 9.17) is 0 Å². The smallest absolute Gasteiger partial charge is 0.205 e. The number of allylic oxidation sites excluding steroid dienone is 3. The minimum atomic E-state index is -7.49. The maximum absolute atomic E-state index is 12.8. The third kappa shape index (κ3) is 3.31. The first-order valence-electron chi connectivity index (χ1n) is 5.17. The van der Waals surface area contributed by atoms with Gasteiger partial charge in [0, 0.05) is 6.08 Å². The second-order valence-electron chi connectivity index (χ2n) is 4.16. The summed E-state index contributed by atoms with van der Waals surface area (Å²) in [7, 11) is 0. The molecule has 0 amide bonds. The lowest BCUT2D eigenvalue weighted by Crippen LogP contribution is -2.60. The van der Waals surface area contributed by atoms with Crippen LogP contribution < -0.4 is 0 Å². The molecule has 0 aliphatic carbocycles. The molecule has 0 aromatic carbocycles. The molecular weight excluding hydrogens is 386 g/mol. The highest BCUT2D eigenvalue weighted by molar-refractivity contribution is 5.21. The zero-order valence-corrected chi connectivity index (χ0v) is 10.7. The van der Waals surface area contributed by atoms with E-state index in [1.54, 1.807) is 0 Å². The van der Waals surface area contributed by atoms with Gasteiger partial charge in [-0.05, 0) is 6.08 Å². The molecule has 0 bridgehead atoms. The summed E-state index contributed by atoms with van der Waals surface area (Å²) in [5.41, 5.74) is 0. The monoisotopic (exact) mass is 390 g/mol. The molecule has 142 valence electrons.